The molecular weight excluding hydrogens is 285 g/mol. The number of carbonyl (C=O) groups is 1. The maximum absolute atomic E-state index is 12.7. The fourth-order valence-corrected chi connectivity index (χ4v) is 2.23. The van der Waals surface area contributed by atoms with Crippen molar-refractivity contribution in [2.24, 2.45) is 10.4 Å². The van der Waals surface area contributed by atoms with Crippen molar-refractivity contribution in [3.8, 4) is 0 Å². The predicted molar refractivity (Wildman–Crippen MR) is 83.4 cm³/mol. The van der Waals surface area contributed by atoms with Crippen LogP contribution in [0.5, 0.6) is 0 Å². The van der Waals surface area contributed by atoms with Gasteiger partial charge in [0.25, 0.3) is 0 Å². The zero-order valence-corrected chi connectivity index (χ0v) is 14.7. The van der Waals surface area contributed by atoms with Crippen molar-refractivity contribution < 1.29 is 28.8 Å². The van der Waals surface area contributed by atoms with Gasteiger partial charge in [-0.2, -0.15) is 0 Å². The molecule has 1 amide bonds. The molecule has 0 saturated heterocycles. The maximum Gasteiger partial charge on any atom is 1.00 e. The Balaban J connectivity index is 0.00000264. The molecule has 0 fully saturated rings. The van der Waals surface area contributed by atoms with E-state index in [1.165, 1.54) is 5.01 Å². The van der Waals surface area contributed by atoms with E-state index in [2.05, 4.69) is 17.3 Å². The number of amides is 1. The van der Waals surface area contributed by atoms with Crippen molar-refractivity contribution in [2.75, 3.05) is 0 Å². The minimum absolute atomic E-state index is 0. The van der Waals surface area contributed by atoms with Crippen LogP contribution in [0.15, 0.2) is 29.3 Å². The molecule has 1 aliphatic heterocycles. The summed E-state index contributed by atoms with van der Waals surface area (Å²) in [6.45, 7) is 7.56. The number of unbranched alkanes of at least 4 members (excludes halogenated alkanes) is 1. The number of benzene rings is 1. The minimum atomic E-state index is -0.563. The SMILES string of the molecule is CCCCC1N=c2ccccc2=C([O-])N1NC(=O)C(C)(C)C.[Li+]. The van der Waals surface area contributed by atoms with Gasteiger partial charge in [0, 0.05) is 10.6 Å². The third-order valence-corrected chi connectivity index (χ3v) is 3.66. The summed E-state index contributed by atoms with van der Waals surface area (Å²) in [4.78, 5) is 16.9. The van der Waals surface area contributed by atoms with Crippen LogP contribution in [0.3, 0.4) is 0 Å². The fraction of sp³-hybridized carbons (Fsp3) is 0.529. The van der Waals surface area contributed by atoms with E-state index in [0.29, 0.717) is 10.6 Å². The number of fused-ring (bicyclic) bond motifs is 1. The van der Waals surface area contributed by atoms with Crippen molar-refractivity contribution in [1.29, 1.82) is 0 Å². The largest absolute Gasteiger partial charge is 1.00 e. The van der Waals surface area contributed by atoms with Gasteiger partial charge in [0.1, 0.15) is 6.17 Å². The molecule has 1 unspecified atom stereocenters. The van der Waals surface area contributed by atoms with Crippen molar-refractivity contribution in [3.05, 3.63) is 34.8 Å². The van der Waals surface area contributed by atoms with Crippen LogP contribution < -0.4 is 40.0 Å². The Hall–Kier alpha value is -1.44. The first kappa shape index (κ1) is 19.6. The molecule has 0 spiro atoms. The molecule has 0 aromatic heterocycles. The van der Waals surface area contributed by atoms with Crippen LogP contribution in [-0.4, -0.2) is 17.1 Å². The van der Waals surface area contributed by atoms with Gasteiger partial charge in [-0.1, -0.05) is 52.3 Å². The molecule has 120 valence electrons. The van der Waals surface area contributed by atoms with Crippen LogP contribution in [0.2, 0.25) is 0 Å². The Kier molecular flexibility index (Phi) is 6.73. The summed E-state index contributed by atoms with van der Waals surface area (Å²) in [5.74, 6) is -0.374. The Morgan fingerprint density at radius 3 is 2.61 bits per heavy atom. The maximum atomic E-state index is 12.7. The van der Waals surface area contributed by atoms with E-state index in [9.17, 15) is 9.90 Å². The summed E-state index contributed by atoms with van der Waals surface area (Å²) in [6, 6.07) is 7.26. The Morgan fingerprint density at radius 2 is 2.00 bits per heavy atom. The van der Waals surface area contributed by atoms with Crippen molar-refractivity contribution in [2.45, 2.75) is 53.1 Å². The monoisotopic (exact) mass is 309 g/mol. The predicted octanol–water partition coefficient (Wildman–Crippen LogP) is -2.35. The van der Waals surface area contributed by atoms with Crippen molar-refractivity contribution in [1.82, 2.24) is 10.4 Å². The Morgan fingerprint density at radius 1 is 1.35 bits per heavy atom. The molecule has 0 aliphatic carbocycles. The summed E-state index contributed by atoms with van der Waals surface area (Å²) in [5.41, 5.74) is 2.20. The standard InChI is InChI=1S/C17H25N3O2.Li/c1-5-6-11-14-18-13-10-8-7-9-12(13)15(21)20(14)19-16(22)17(2,3)4;/h7-10,14,21H,5-6,11H2,1-4H3,(H,19,22);/q;+1/p-1. The third kappa shape index (κ3) is 4.52. The molecule has 5 nitrogen and oxygen atoms in total. The van der Waals surface area contributed by atoms with Gasteiger partial charge < -0.3 is 5.11 Å². The number of nitrogens with one attached hydrogen (secondary N) is 1. The number of carbonyl (C=O) groups excluding carboxylic acids is 1. The normalized spacial score (nSPS) is 17.0. The number of rotatable bonds is 4. The van der Waals surface area contributed by atoms with E-state index < -0.39 is 5.41 Å². The van der Waals surface area contributed by atoms with Gasteiger partial charge in [-0.15, -0.1) is 0 Å². The van der Waals surface area contributed by atoms with Crippen LogP contribution in [0, 0.1) is 5.41 Å². The van der Waals surface area contributed by atoms with Gasteiger partial charge in [-0.3, -0.25) is 20.2 Å². The van der Waals surface area contributed by atoms with Gasteiger partial charge in [-0.05, 0) is 24.8 Å². The first-order valence-corrected chi connectivity index (χ1v) is 7.79. The molecule has 1 N–H and O–H groups in total. The molecule has 2 rings (SSSR count). The second-order valence-electron chi connectivity index (χ2n) is 6.64. The first-order valence-electron chi connectivity index (χ1n) is 7.79. The van der Waals surface area contributed by atoms with Gasteiger partial charge in [-0.25, -0.2) is 0 Å². The van der Waals surface area contributed by atoms with Gasteiger partial charge >= 0.3 is 18.9 Å². The number of hydrogen-bond acceptors (Lipinski definition) is 4. The first-order chi connectivity index (χ1) is 10.3. The molecule has 0 radical (unpaired) electrons. The van der Waals surface area contributed by atoms with E-state index in [0.717, 1.165) is 19.3 Å². The summed E-state index contributed by atoms with van der Waals surface area (Å²) >= 11 is 0. The number of para-hydroxylation sites is 1. The molecule has 1 atom stereocenters. The zero-order chi connectivity index (χ0) is 16.3. The molecule has 6 heteroatoms. The fourth-order valence-electron chi connectivity index (χ4n) is 2.23. The zero-order valence-electron chi connectivity index (χ0n) is 14.7. The van der Waals surface area contributed by atoms with Crippen molar-refractivity contribution in [3.63, 3.8) is 0 Å². The van der Waals surface area contributed by atoms with Crippen LogP contribution in [0.1, 0.15) is 47.0 Å². The molecule has 1 aromatic rings. The van der Waals surface area contributed by atoms with E-state index >= 15 is 0 Å². The van der Waals surface area contributed by atoms with Gasteiger partial charge in [0.05, 0.1) is 5.36 Å². The molecule has 1 aliphatic rings. The van der Waals surface area contributed by atoms with E-state index in [1.807, 2.05) is 39.0 Å². The third-order valence-electron chi connectivity index (χ3n) is 3.66. The summed E-state index contributed by atoms with van der Waals surface area (Å²) in [7, 11) is 0. The Bertz CT molecular complexity index is 667. The van der Waals surface area contributed by atoms with Gasteiger partial charge in [0.15, 0.2) is 0 Å². The molecule has 0 saturated carbocycles. The number of nitrogens with zero attached hydrogens (tertiary/aromatic N) is 2. The molecule has 1 heterocycles. The summed E-state index contributed by atoms with van der Waals surface area (Å²) in [5, 5.41) is 15.3. The topological polar surface area (TPSA) is 67.8 Å². The molecular formula is C17H24LiN3O2. The smallest absolute Gasteiger partial charge is 0.858 e. The Labute approximate surface area is 149 Å². The summed E-state index contributed by atoms with van der Waals surface area (Å²) < 4.78 is 0. The van der Waals surface area contributed by atoms with Crippen LogP contribution in [0.4, 0.5) is 0 Å². The second kappa shape index (κ2) is 7.90. The average molecular weight is 309 g/mol. The average Bonchev–Trinajstić information content (AvgIpc) is 2.47. The van der Waals surface area contributed by atoms with Crippen LogP contribution in [0.25, 0.3) is 5.88 Å². The van der Waals surface area contributed by atoms with E-state index in [1.54, 1.807) is 6.07 Å². The van der Waals surface area contributed by atoms with E-state index in [-0.39, 0.29) is 36.8 Å². The summed E-state index contributed by atoms with van der Waals surface area (Å²) in [6.07, 6.45) is 2.36. The van der Waals surface area contributed by atoms with Crippen LogP contribution >= 0.6 is 0 Å². The van der Waals surface area contributed by atoms with Crippen molar-refractivity contribution >= 4 is 11.8 Å². The molecule has 23 heavy (non-hydrogen) atoms. The second-order valence-corrected chi connectivity index (χ2v) is 6.64. The quantitative estimate of drug-likeness (QED) is 0.633. The van der Waals surface area contributed by atoms with E-state index in [4.69, 9.17) is 0 Å². The number of hydrogen-bond donors (Lipinski definition) is 1. The molecule has 0 bridgehead atoms. The minimum Gasteiger partial charge on any atom is -0.858 e. The van der Waals surface area contributed by atoms with Gasteiger partial charge in [0.2, 0.25) is 5.91 Å². The molecule has 1 aromatic carbocycles. The van der Waals surface area contributed by atoms with Crippen LogP contribution in [-0.2, 0) is 4.79 Å². The number of hydrazine groups is 1.